The topological polar surface area (TPSA) is 110 Å². The molecular formula is C8H11N5O2S. The molecule has 1 atom stereocenters. The van der Waals surface area contributed by atoms with E-state index >= 15 is 0 Å². The number of hydrogen-bond donors (Lipinski definition) is 3. The number of nitrogens with one attached hydrogen (secondary N) is 2. The smallest absolute Gasteiger partial charge is 0.282 e. The Bertz CT molecular complexity index is 418. The number of nitrogen functional groups attached to an aromatic ring is 1. The van der Waals surface area contributed by atoms with E-state index in [1.807, 2.05) is 0 Å². The van der Waals surface area contributed by atoms with Gasteiger partial charge in [-0.3, -0.25) is 9.59 Å². The SMILES string of the molecule is Nc1nnc(C(=O)NCC2CCC(=O)N2)s1. The summed E-state index contributed by atoms with van der Waals surface area (Å²) in [5, 5.41) is 13.1. The predicted molar refractivity (Wildman–Crippen MR) is 57.8 cm³/mol. The number of amides is 2. The lowest BCUT2D eigenvalue weighted by molar-refractivity contribution is -0.119. The molecule has 1 aliphatic heterocycles. The van der Waals surface area contributed by atoms with E-state index in [4.69, 9.17) is 5.73 Å². The zero-order valence-electron chi connectivity index (χ0n) is 8.40. The lowest BCUT2D eigenvalue weighted by Crippen LogP contribution is -2.38. The first-order chi connectivity index (χ1) is 7.65. The summed E-state index contributed by atoms with van der Waals surface area (Å²) in [4.78, 5) is 22.4. The van der Waals surface area contributed by atoms with Crippen LogP contribution in [0.5, 0.6) is 0 Å². The highest BCUT2D eigenvalue weighted by molar-refractivity contribution is 7.16. The summed E-state index contributed by atoms with van der Waals surface area (Å²) in [6.07, 6.45) is 1.27. The summed E-state index contributed by atoms with van der Waals surface area (Å²) in [5.74, 6) is -0.283. The van der Waals surface area contributed by atoms with Crippen LogP contribution in [0.4, 0.5) is 5.13 Å². The Hall–Kier alpha value is -1.70. The van der Waals surface area contributed by atoms with Gasteiger partial charge in [0.25, 0.3) is 5.91 Å². The molecule has 7 nitrogen and oxygen atoms in total. The van der Waals surface area contributed by atoms with Gasteiger partial charge in [0.1, 0.15) is 0 Å². The molecule has 1 aromatic heterocycles. The lowest BCUT2D eigenvalue weighted by atomic mass is 10.2. The van der Waals surface area contributed by atoms with E-state index in [0.29, 0.717) is 13.0 Å². The number of rotatable bonds is 3. The van der Waals surface area contributed by atoms with Gasteiger partial charge in [-0.05, 0) is 6.42 Å². The molecule has 2 rings (SSSR count). The van der Waals surface area contributed by atoms with E-state index in [1.54, 1.807) is 0 Å². The van der Waals surface area contributed by atoms with Crippen LogP contribution in [0, 0.1) is 0 Å². The fourth-order valence-corrected chi connectivity index (χ4v) is 1.97. The molecule has 86 valence electrons. The lowest BCUT2D eigenvalue weighted by Gasteiger charge is -2.09. The molecule has 1 unspecified atom stereocenters. The van der Waals surface area contributed by atoms with Crippen LogP contribution in [0.2, 0.25) is 0 Å². The van der Waals surface area contributed by atoms with Crippen molar-refractivity contribution in [1.82, 2.24) is 20.8 Å². The molecule has 2 amide bonds. The Morgan fingerprint density at radius 1 is 1.62 bits per heavy atom. The second-order valence-corrected chi connectivity index (χ2v) is 4.47. The highest BCUT2D eigenvalue weighted by Crippen LogP contribution is 2.11. The Labute approximate surface area is 95.4 Å². The standard InChI is InChI=1S/C8H11N5O2S/c9-8-13-12-7(16-8)6(15)10-3-4-1-2-5(14)11-4/h4H,1-3H2,(H2,9,13)(H,10,15)(H,11,14). The number of nitrogens with zero attached hydrogens (tertiary/aromatic N) is 2. The fraction of sp³-hybridized carbons (Fsp3) is 0.500. The van der Waals surface area contributed by atoms with E-state index in [0.717, 1.165) is 17.8 Å². The van der Waals surface area contributed by atoms with Gasteiger partial charge in [0.15, 0.2) is 0 Å². The number of carbonyl (C=O) groups is 2. The van der Waals surface area contributed by atoms with Crippen LogP contribution in [-0.2, 0) is 4.79 Å². The van der Waals surface area contributed by atoms with Gasteiger partial charge in [0.2, 0.25) is 16.0 Å². The summed E-state index contributed by atoms with van der Waals surface area (Å²) in [6, 6.07) is 0.0155. The molecule has 0 spiro atoms. The highest BCUT2D eigenvalue weighted by Gasteiger charge is 2.21. The molecule has 2 heterocycles. The van der Waals surface area contributed by atoms with E-state index in [2.05, 4.69) is 20.8 Å². The fourth-order valence-electron chi connectivity index (χ4n) is 1.45. The van der Waals surface area contributed by atoms with Gasteiger partial charge in [0.05, 0.1) is 0 Å². The van der Waals surface area contributed by atoms with Crippen molar-refractivity contribution in [2.75, 3.05) is 12.3 Å². The second kappa shape index (κ2) is 4.44. The first kappa shape index (κ1) is 10.8. The minimum absolute atomic E-state index is 0.0155. The first-order valence-corrected chi connectivity index (χ1v) is 5.63. The van der Waals surface area contributed by atoms with Crippen LogP contribution >= 0.6 is 11.3 Å². The van der Waals surface area contributed by atoms with Gasteiger partial charge in [-0.1, -0.05) is 11.3 Å². The molecule has 1 aliphatic rings. The Kier molecular flexibility index (Phi) is 3.00. The molecule has 4 N–H and O–H groups in total. The highest BCUT2D eigenvalue weighted by atomic mass is 32.1. The second-order valence-electron chi connectivity index (χ2n) is 3.46. The van der Waals surface area contributed by atoms with Gasteiger partial charge in [-0.25, -0.2) is 0 Å². The Morgan fingerprint density at radius 3 is 3.00 bits per heavy atom. The quantitative estimate of drug-likeness (QED) is 0.637. The summed E-state index contributed by atoms with van der Waals surface area (Å²) in [6.45, 7) is 0.407. The van der Waals surface area contributed by atoms with Crippen LogP contribution in [0.25, 0.3) is 0 Å². The van der Waals surface area contributed by atoms with Crippen molar-refractivity contribution in [3.05, 3.63) is 5.01 Å². The van der Waals surface area contributed by atoms with E-state index in [9.17, 15) is 9.59 Å². The first-order valence-electron chi connectivity index (χ1n) is 4.81. The number of aromatic nitrogens is 2. The van der Waals surface area contributed by atoms with Crippen LogP contribution < -0.4 is 16.4 Å². The molecule has 16 heavy (non-hydrogen) atoms. The van der Waals surface area contributed by atoms with Crippen LogP contribution in [0.1, 0.15) is 22.6 Å². The molecule has 0 bridgehead atoms. The Morgan fingerprint density at radius 2 is 2.44 bits per heavy atom. The van der Waals surface area contributed by atoms with Crippen molar-refractivity contribution < 1.29 is 9.59 Å². The minimum Gasteiger partial charge on any atom is -0.374 e. The zero-order chi connectivity index (χ0) is 11.5. The maximum Gasteiger partial charge on any atom is 0.282 e. The van der Waals surface area contributed by atoms with Crippen molar-refractivity contribution in [3.8, 4) is 0 Å². The van der Waals surface area contributed by atoms with Crippen LogP contribution in [-0.4, -0.2) is 34.6 Å². The summed E-state index contributed by atoms with van der Waals surface area (Å²) in [7, 11) is 0. The average molecular weight is 241 g/mol. The summed E-state index contributed by atoms with van der Waals surface area (Å²) < 4.78 is 0. The summed E-state index contributed by atoms with van der Waals surface area (Å²) >= 11 is 1.04. The number of nitrogens with two attached hydrogens (primary N) is 1. The monoisotopic (exact) mass is 241 g/mol. The maximum absolute atomic E-state index is 11.5. The normalized spacial score (nSPS) is 19.5. The molecule has 0 saturated carbocycles. The van der Waals surface area contributed by atoms with E-state index in [-0.39, 0.29) is 28.0 Å². The van der Waals surface area contributed by atoms with Gasteiger partial charge in [-0.2, -0.15) is 0 Å². The van der Waals surface area contributed by atoms with Crippen molar-refractivity contribution in [3.63, 3.8) is 0 Å². The molecule has 8 heteroatoms. The number of anilines is 1. The van der Waals surface area contributed by atoms with Crippen molar-refractivity contribution in [1.29, 1.82) is 0 Å². The van der Waals surface area contributed by atoms with Gasteiger partial charge < -0.3 is 16.4 Å². The van der Waals surface area contributed by atoms with Gasteiger partial charge in [-0.15, -0.1) is 10.2 Å². The largest absolute Gasteiger partial charge is 0.374 e. The maximum atomic E-state index is 11.5. The molecule has 1 fully saturated rings. The van der Waals surface area contributed by atoms with Crippen molar-refractivity contribution in [2.24, 2.45) is 0 Å². The van der Waals surface area contributed by atoms with Crippen molar-refractivity contribution >= 4 is 28.3 Å². The molecule has 1 aromatic rings. The molecular weight excluding hydrogens is 230 g/mol. The van der Waals surface area contributed by atoms with Gasteiger partial charge in [0, 0.05) is 19.0 Å². The molecule has 1 saturated heterocycles. The van der Waals surface area contributed by atoms with E-state index < -0.39 is 0 Å². The third kappa shape index (κ3) is 2.45. The molecule has 0 radical (unpaired) electrons. The number of carbonyl (C=O) groups excluding carboxylic acids is 2. The minimum atomic E-state index is -0.310. The third-order valence-corrected chi connectivity index (χ3v) is 2.98. The van der Waals surface area contributed by atoms with Crippen LogP contribution in [0.3, 0.4) is 0 Å². The average Bonchev–Trinajstić information content (AvgIpc) is 2.84. The molecule has 0 aliphatic carbocycles. The van der Waals surface area contributed by atoms with Crippen molar-refractivity contribution in [2.45, 2.75) is 18.9 Å². The van der Waals surface area contributed by atoms with Crippen LogP contribution in [0.15, 0.2) is 0 Å². The van der Waals surface area contributed by atoms with E-state index in [1.165, 1.54) is 0 Å². The third-order valence-electron chi connectivity index (χ3n) is 2.23. The number of hydrogen-bond acceptors (Lipinski definition) is 6. The van der Waals surface area contributed by atoms with Gasteiger partial charge >= 0.3 is 0 Å². The molecule has 0 aromatic carbocycles. The summed E-state index contributed by atoms with van der Waals surface area (Å²) in [5.41, 5.74) is 5.36. The Balaban J connectivity index is 1.82. The predicted octanol–water partition coefficient (Wildman–Crippen LogP) is -0.871. The zero-order valence-corrected chi connectivity index (χ0v) is 9.21.